The minimum Gasteiger partial charge on any atom is -0.310 e. The van der Waals surface area contributed by atoms with E-state index in [-0.39, 0.29) is 0 Å². The van der Waals surface area contributed by atoms with Gasteiger partial charge in [0.25, 0.3) is 0 Å². The fourth-order valence-corrected chi connectivity index (χ4v) is 3.52. The summed E-state index contributed by atoms with van der Waals surface area (Å²) >= 11 is 8.11. The zero-order valence-electron chi connectivity index (χ0n) is 11.7. The number of likely N-dealkylation sites (N-methyl/N-ethyl adjacent to an activating group) is 1. The van der Waals surface area contributed by atoms with E-state index in [4.69, 9.17) is 11.6 Å². The molecule has 3 heteroatoms. The van der Waals surface area contributed by atoms with Crippen molar-refractivity contribution in [2.45, 2.75) is 33.2 Å². The highest BCUT2D eigenvalue weighted by Crippen LogP contribution is 2.28. The predicted octanol–water partition coefficient (Wildman–Crippen LogP) is 4.91. The van der Waals surface area contributed by atoms with Crippen molar-refractivity contribution in [2.24, 2.45) is 0 Å². The lowest BCUT2D eigenvalue weighted by molar-refractivity contribution is 0.549. The summed E-state index contributed by atoms with van der Waals surface area (Å²) in [6, 6.07) is 6.66. The Kier molecular flexibility index (Phi) is 5.03. The molecule has 0 saturated carbocycles. The average Bonchev–Trinajstić information content (AvgIpc) is 2.78. The zero-order valence-corrected chi connectivity index (χ0v) is 13.2. The molecule has 2 rings (SSSR count). The molecule has 0 aliphatic heterocycles. The Bertz CT molecular complexity index is 547. The molecule has 1 atom stereocenters. The Labute approximate surface area is 124 Å². The van der Waals surface area contributed by atoms with Gasteiger partial charge in [0.15, 0.2) is 0 Å². The Morgan fingerprint density at radius 1 is 1.26 bits per heavy atom. The van der Waals surface area contributed by atoms with Gasteiger partial charge in [-0.1, -0.05) is 30.7 Å². The van der Waals surface area contributed by atoms with Gasteiger partial charge < -0.3 is 5.32 Å². The Morgan fingerprint density at radius 2 is 2.05 bits per heavy atom. The van der Waals surface area contributed by atoms with Crippen molar-refractivity contribution in [1.29, 1.82) is 0 Å². The molecule has 1 nitrogen and oxygen atoms in total. The van der Waals surface area contributed by atoms with Crippen LogP contribution in [0.15, 0.2) is 29.0 Å². The lowest BCUT2D eigenvalue weighted by atomic mass is 9.98. The van der Waals surface area contributed by atoms with E-state index in [0.29, 0.717) is 6.04 Å². The standard InChI is InChI=1S/C16H20ClNS/c1-4-18-16(14-10-19-9-12(14)3)8-13-6-5-11(2)7-15(13)17/h5-7,9-10,16,18H,4,8H2,1-3H3. The van der Waals surface area contributed by atoms with Gasteiger partial charge in [0.05, 0.1) is 0 Å². The predicted molar refractivity (Wildman–Crippen MR) is 85.4 cm³/mol. The number of rotatable bonds is 5. The molecule has 0 saturated heterocycles. The van der Waals surface area contributed by atoms with Gasteiger partial charge in [-0.15, -0.1) is 0 Å². The molecule has 0 radical (unpaired) electrons. The fourth-order valence-electron chi connectivity index (χ4n) is 2.30. The van der Waals surface area contributed by atoms with E-state index in [0.717, 1.165) is 18.0 Å². The highest BCUT2D eigenvalue weighted by molar-refractivity contribution is 7.08. The fraction of sp³-hybridized carbons (Fsp3) is 0.375. The van der Waals surface area contributed by atoms with E-state index in [9.17, 15) is 0 Å². The minimum absolute atomic E-state index is 0.344. The van der Waals surface area contributed by atoms with Crippen LogP contribution in [0, 0.1) is 13.8 Å². The highest BCUT2D eigenvalue weighted by atomic mass is 35.5. The maximum absolute atomic E-state index is 6.35. The van der Waals surface area contributed by atoms with Crippen molar-refractivity contribution >= 4 is 22.9 Å². The maximum Gasteiger partial charge on any atom is 0.0441 e. The topological polar surface area (TPSA) is 12.0 Å². The van der Waals surface area contributed by atoms with E-state index in [1.807, 2.05) is 6.07 Å². The van der Waals surface area contributed by atoms with Crippen molar-refractivity contribution in [1.82, 2.24) is 5.32 Å². The van der Waals surface area contributed by atoms with E-state index >= 15 is 0 Å². The van der Waals surface area contributed by atoms with Gasteiger partial charge in [0.2, 0.25) is 0 Å². The normalized spacial score (nSPS) is 12.6. The van der Waals surface area contributed by atoms with Crippen LogP contribution < -0.4 is 5.32 Å². The van der Waals surface area contributed by atoms with E-state index in [1.165, 1.54) is 22.3 Å². The molecular weight excluding hydrogens is 274 g/mol. The molecule has 1 unspecified atom stereocenters. The van der Waals surface area contributed by atoms with Crippen LogP contribution in [-0.2, 0) is 6.42 Å². The molecule has 1 aromatic carbocycles. The molecule has 0 spiro atoms. The summed E-state index contributed by atoms with van der Waals surface area (Å²) in [5.41, 5.74) is 5.17. The molecule has 1 heterocycles. The molecule has 0 fully saturated rings. The van der Waals surface area contributed by atoms with Gasteiger partial charge in [-0.3, -0.25) is 0 Å². The Hall–Kier alpha value is -0.830. The van der Waals surface area contributed by atoms with Gasteiger partial charge in [-0.25, -0.2) is 0 Å². The summed E-state index contributed by atoms with van der Waals surface area (Å²) in [5.74, 6) is 0. The van der Waals surface area contributed by atoms with E-state index in [1.54, 1.807) is 11.3 Å². The van der Waals surface area contributed by atoms with Crippen LogP contribution in [0.5, 0.6) is 0 Å². The number of thiophene rings is 1. The van der Waals surface area contributed by atoms with Crippen LogP contribution in [-0.4, -0.2) is 6.54 Å². The van der Waals surface area contributed by atoms with Gasteiger partial charge in [-0.05, 0) is 65.9 Å². The third kappa shape index (κ3) is 3.59. The average molecular weight is 294 g/mol. The summed E-state index contributed by atoms with van der Waals surface area (Å²) in [4.78, 5) is 0. The summed E-state index contributed by atoms with van der Waals surface area (Å²) in [7, 11) is 0. The van der Waals surface area contributed by atoms with Gasteiger partial charge in [-0.2, -0.15) is 11.3 Å². The Balaban J connectivity index is 2.24. The smallest absolute Gasteiger partial charge is 0.0441 e. The second-order valence-electron chi connectivity index (χ2n) is 4.92. The molecule has 19 heavy (non-hydrogen) atoms. The van der Waals surface area contributed by atoms with Crippen LogP contribution in [0.4, 0.5) is 0 Å². The van der Waals surface area contributed by atoms with Crippen molar-refractivity contribution < 1.29 is 0 Å². The quantitative estimate of drug-likeness (QED) is 0.826. The number of nitrogens with one attached hydrogen (secondary N) is 1. The molecule has 0 aliphatic carbocycles. The minimum atomic E-state index is 0.344. The third-order valence-corrected chi connectivity index (χ3v) is 4.59. The van der Waals surface area contributed by atoms with Crippen LogP contribution in [0.1, 0.15) is 35.2 Å². The van der Waals surface area contributed by atoms with E-state index < -0.39 is 0 Å². The highest BCUT2D eigenvalue weighted by Gasteiger charge is 2.15. The first-order chi connectivity index (χ1) is 9.11. The lowest BCUT2D eigenvalue weighted by Gasteiger charge is -2.19. The Morgan fingerprint density at radius 3 is 2.63 bits per heavy atom. The number of hydrogen-bond acceptors (Lipinski definition) is 2. The van der Waals surface area contributed by atoms with Crippen LogP contribution in [0.25, 0.3) is 0 Å². The van der Waals surface area contributed by atoms with Crippen molar-refractivity contribution in [3.8, 4) is 0 Å². The summed E-state index contributed by atoms with van der Waals surface area (Å²) in [6.07, 6.45) is 0.935. The van der Waals surface area contributed by atoms with Crippen molar-refractivity contribution in [3.63, 3.8) is 0 Å². The molecule has 1 N–H and O–H groups in total. The number of halogens is 1. The summed E-state index contributed by atoms with van der Waals surface area (Å²) in [5, 5.41) is 8.88. The molecule has 102 valence electrons. The molecular formula is C16H20ClNS. The molecule has 2 aromatic rings. The second-order valence-corrected chi connectivity index (χ2v) is 6.07. The number of aryl methyl sites for hydroxylation is 2. The van der Waals surface area contributed by atoms with E-state index in [2.05, 4.69) is 49.0 Å². The van der Waals surface area contributed by atoms with Crippen LogP contribution in [0.2, 0.25) is 5.02 Å². The maximum atomic E-state index is 6.35. The zero-order chi connectivity index (χ0) is 13.8. The molecule has 0 amide bonds. The second kappa shape index (κ2) is 6.56. The summed E-state index contributed by atoms with van der Waals surface area (Å²) in [6.45, 7) is 7.35. The van der Waals surface area contributed by atoms with Crippen LogP contribution in [0.3, 0.4) is 0 Å². The molecule has 0 aliphatic rings. The van der Waals surface area contributed by atoms with Gasteiger partial charge >= 0.3 is 0 Å². The lowest BCUT2D eigenvalue weighted by Crippen LogP contribution is -2.23. The third-order valence-electron chi connectivity index (χ3n) is 3.35. The first-order valence-corrected chi connectivity index (χ1v) is 7.95. The number of benzene rings is 1. The molecule has 1 aromatic heterocycles. The SMILES string of the molecule is CCNC(Cc1ccc(C)cc1Cl)c1cscc1C. The van der Waals surface area contributed by atoms with Crippen LogP contribution >= 0.6 is 22.9 Å². The van der Waals surface area contributed by atoms with Gasteiger partial charge in [0.1, 0.15) is 0 Å². The van der Waals surface area contributed by atoms with Crippen molar-refractivity contribution in [2.75, 3.05) is 6.54 Å². The molecule has 0 bridgehead atoms. The number of hydrogen-bond donors (Lipinski definition) is 1. The first kappa shape index (κ1) is 14.6. The monoisotopic (exact) mass is 293 g/mol. The largest absolute Gasteiger partial charge is 0.310 e. The van der Waals surface area contributed by atoms with Gasteiger partial charge in [0, 0.05) is 11.1 Å². The van der Waals surface area contributed by atoms with Crippen molar-refractivity contribution in [3.05, 3.63) is 56.2 Å². The summed E-state index contributed by atoms with van der Waals surface area (Å²) < 4.78 is 0. The first-order valence-electron chi connectivity index (χ1n) is 6.63.